The topological polar surface area (TPSA) is 78.9 Å². The van der Waals surface area contributed by atoms with E-state index in [4.69, 9.17) is 14.2 Å². The van der Waals surface area contributed by atoms with Gasteiger partial charge in [0, 0.05) is 16.6 Å². The Bertz CT molecular complexity index is 1330. The lowest BCUT2D eigenvalue weighted by atomic mass is 9.84. The van der Waals surface area contributed by atoms with E-state index in [9.17, 15) is 13.8 Å². The number of esters is 2. The van der Waals surface area contributed by atoms with Gasteiger partial charge in [-0.2, -0.15) is 0 Å². The monoisotopic (exact) mass is 604 g/mol. The van der Waals surface area contributed by atoms with E-state index in [0.29, 0.717) is 55.1 Å². The van der Waals surface area contributed by atoms with Gasteiger partial charge in [-0.15, -0.1) is 0 Å². The number of rotatable bonds is 15. The van der Waals surface area contributed by atoms with E-state index in [0.717, 1.165) is 23.3 Å². The maximum atomic E-state index is 13.7. The van der Waals surface area contributed by atoms with Crippen LogP contribution in [0.3, 0.4) is 0 Å². The van der Waals surface area contributed by atoms with Crippen molar-refractivity contribution in [3.63, 3.8) is 0 Å². The fourth-order valence-corrected chi connectivity index (χ4v) is 7.29. The maximum Gasteiger partial charge on any atom is 0.337 e. The molecule has 4 rings (SSSR count). The van der Waals surface area contributed by atoms with Crippen molar-refractivity contribution in [1.82, 2.24) is 0 Å². The largest absolute Gasteiger partial charge is 0.489 e. The fourth-order valence-electron chi connectivity index (χ4n) is 5.79. The number of aryl methyl sites for hydroxylation is 1. The van der Waals surface area contributed by atoms with Crippen LogP contribution in [0.15, 0.2) is 77.7 Å². The smallest absolute Gasteiger partial charge is 0.337 e. The first-order valence-corrected chi connectivity index (χ1v) is 16.6. The van der Waals surface area contributed by atoms with Crippen molar-refractivity contribution in [3.05, 3.63) is 95.1 Å². The third kappa shape index (κ3) is 9.78. The number of carbonyl (C=O) groups excluding carboxylic acids is 2. The van der Waals surface area contributed by atoms with Gasteiger partial charge in [-0.3, -0.25) is 9.00 Å². The lowest BCUT2D eigenvalue weighted by Crippen LogP contribution is -2.17. The van der Waals surface area contributed by atoms with Crippen LogP contribution < -0.4 is 4.74 Å². The van der Waals surface area contributed by atoms with Crippen molar-refractivity contribution in [2.75, 3.05) is 14.2 Å². The van der Waals surface area contributed by atoms with E-state index in [2.05, 4.69) is 30.3 Å². The van der Waals surface area contributed by atoms with Crippen molar-refractivity contribution < 1.29 is 28.0 Å². The molecule has 0 spiro atoms. The molecule has 1 aliphatic carbocycles. The SMILES string of the molecule is COC(=O)CCCCC(CCc1ccccc1OCc1ccc(C2CCCCC2)cc1)S(=O)c1ccc(C(=O)OC)cc1. The molecule has 1 aliphatic rings. The molecule has 43 heavy (non-hydrogen) atoms. The molecule has 0 aromatic heterocycles. The molecule has 0 amide bonds. The molecule has 0 N–H and O–H groups in total. The summed E-state index contributed by atoms with van der Waals surface area (Å²) in [6, 6.07) is 23.7. The average Bonchev–Trinajstić information content (AvgIpc) is 3.07. The van der Waals surface area contributed by atoms with Gasteiger partial charge in [0.2, 0.25) is 0 Å². The molecule has 7 heteroatoms. The van der Waals surface area contributed by atoms with Crippen LogP contribution in [0.1, 0.15) is 97.2 Å². The van der Waals surface area contributed by atoms with Crippen LogP contribution in [0.4, 0.5) is 0 Å². The van der Waals surface area contributed by atoms with Crippen LogP contribution in [-0.2, 0) is 38.1 Å². The van der Waals surface area contributed by atoms with Crippen LogP contribution in [0.25, 0.3) is 0 Å². The number of hydrogen-bond acceptors (Lipinski definition) is 6. The molecule has 1 saturated carbocycles. The number of unbranched alkanes of at least 4 members (excludes halogenated alkanes) is 1. The summed E-state index contributed by atoms with van der Waals surface area (Å²) in [4.78, 5) is 24.1. The number of ether oxygens (including phenoxy) is 3. The molecule has 0 aliphatic heterocycles. The van der Waals surface area contributed by atoms with E-state index in [-0.39, 0.29) is 11.2 Å². The molecular weight excluding hydrogens is 560 g/mol. The van der Waals surface area contributed by atoms with Crippen LogP contribution in [0.2, 0.25) is 0 Å². The Balaban J connectivity index is 1.39. The van der Waals surface area contributed by atoms with Crippen molar-refractivity contribution in [1.29, 1.82) is 0 Å². The summed E-state index contributed by atoms with van der Waals surface area (Å²) < 4.78 is 29.6. The molecule has 2 atom stereocenters. The summed E-state index contributed by atoms with van der Waals surface area (Å²) >= 11 is 0. The van der Waals surface area contributed by atoms with Gasteiger partial charge in [-0.05, 0) is 91.5 Å². The fraction of sp³-hybridized carbons (Fsp3) is 0.444. The molecule has 0 bridgehead atoms. The summed E-state index contributed by atoms with van der Waals surface area (Å²) in [5.74, 6) is 0.880. The predicted octanol–water partition coefficient (Wildman–Crippen LogP) is 7.94. The zero-order valence-electron chi connectivity index (χ0n) is 25.4. The molecule has 2 unspecified atom stereocenters. The Morgan fingerprint density at radius 1 is 0.837 bits per heavy atom. The standard InChI is InChI=1S/C36H44O6S/c1-40-35(37)15-9-7-13-32(43(39)33-24-21-31(22-25-33)36(38)41-2)23-20-30-12-6-8-14-34(30)42-26-27-16-18-29(19-17-27)28-10-4-3-5-11-28/h6,8,12,14,16-19,21-22,24-25,28,32H,3-5,7,9-11,13,15,20,23,26H2,1-2H3. The highest BCUT2D eigenvalue weighted by molar-refractivity contribution is 7.85. The van der Waals surface area contributed by atoms with Crippen molar-refractivity contribution in [2.45, 2.75) is 93.3 Å². The molecule has 3 aromatic rings. The summed E-state index contributed by atoms with van der Waals surface area (Å²) in [7, 11) is 1.45. The van der Waals surface area contributed by atoms with Gasteiger partial charge in [0.25, 0.3) is 0 Å². The molecular formula is C36H44O6S. The predicted molar refractivity (Wildman–Crippen MR) is 170 cm³/mol. The summed E-state index contributed by atoms with van der Waals surface area (Å²) in [6.07, 6.45) is 10.5. The Morgan fingerprint density at radius 3 is 2.26 bits per heavy atom. The highest BCUT2D eigenvalue weighted by Crippen LogP contribution is 2.33. The minimum absolute atomic E-state index is 0.123. The van der Waals surface area contributed by atoms with Gasteiger partial charge in [0.05, 0.1) is 30.6 Å². The van der Waals surface area contributed by atoms with Gasteiger partial charge in [0.1, 0.15) is 12.4 Å². The van der Waals surface area contributed by atoms with Crippen LogP contribution in [0.5, 0.6) is 5.75 Å². The molecule has 1 fully saturated rings. The number of methoxy groups -OCH3 is 2. The maximum absolute atomic E-state index is 13.7. The van der Waals surface area contributed by atoms with Crippen molar-refractivity contribution in [3.8, 4) is 5.75 Å². The highest BCUT2D eigenvalue weighted by Gasteiger charge is 2.21. The quantitative estimate of drug-likeness (QED) is 0.129. The summed E-state index contributed by atoms with van der Waals surface area (Å²) in [5.41, 5.74) is 4.09. The third-order valence-corrected chi connectivity index (χ3v) is 10.2. The van der Waals surface area contributed by atoms with Crippen LogP contribution >= 0.6 is 0 Å². The number of hydrogen-bond donors (Lipinski definition) is 0. The minimum Gasteiger partial charge on any atom is -0.489 e. The summed E-state index contributed by atoms with van der Waals surface area (Å²) in [5, 5.41) is -0.123. The normalized spacial score (nSPS) is 14.9. The first-order valence-electron chi connectivity index (χ1n) is 15.4. The first kappa shape index (κ1) is 32.5. The average molecular weight is 605 g/mol. The zero-order valence-corrected chi connectivity index (χ0v) is 26.2. The lowest BCUT2D eigenvalue weighted by molar-refractivity contribution is -0.140. The lowest BCUT2D eigenvalue weighted by Gasteiger charge is -2.22. The van der Waals surface area contributed by atoms with E-state index in [1.165, 1.54) is 51.9 Å². The van der Waals surface area contributed by atoms with Crippen molar-refractivity contribution in [2.24, 2.45) is 0 Å². The highest BCUT2D eigenvalue weighted by atomic mass is 32.2. The second-order valence-corrected chi connectivity index (χ2v) is 13.0. The molecule has 0 heterocycles. The third-order valence-electron chi connectivity index (χ3n) is 8.35. The van der Waals surface area contributed by atoms with Gasteiger partial charge in [0.15, 0.2) is 0 Å². The molecule has 3 aromatic carbocycles. The Morgan fingerprint density at radius 2 is 1.56 bits per heavy atom. The Labute approximate surface area is 258 Å². The molecule has 0 saturated heterocycles. The van der Waals surface area contributed by atoms with Crippen LogP contribution in [0, 0.1) is 0 Å². The number of benzene rings is 3. The second kappa shape index (κ2) is 17.0. The van der Waals surface area contributed by atoms with Gasteiger partial charge in [-0.1, -0.05) is 68.1 Å². The van der Waals surface area contributed by atoms with E-state index < -0.39 is 16.8 Å². The molecule has 6 nitrogen and oxygen atoms in total. The Kier molecular flexibility index (Phi) is 12.8. The van der Waals surface area contributed by atoms with E-state index in [1.54, 1.807) is 24.3 Å². The van der Waals surface area contributed by atoms with Gasteiger partial charge in [-0.25, -0.2) is 4.79 Å². The molecule has 0 radical (unpaired) electrons. The van der Waals surface area contributed by atoms with E-state index >= 15 is 0 Å². The number of para-hydroxylation sites is 1. The van der Waals surface area contributed by atoms with Gasteiger partial charge >= 0.3 is 11.9 Å². The van der Waals surface area contributed by atoms with Crippen molar-refractivity contribution >= 4 is 22.7 Å². The Hall–Kier alpha value is -3.45. The zero-order chi connectivity index (χ0) is 30.4. The number of carbonyl (C=O) groups is 2. The van der Waals surface area contributed by atoms with E-state index in [1.807, 2.05) is 18.2 Å². The minimum atomic E-state index is -1.29. The first-order chi connectivity index (χ1) is 21.0. The summed E-state index contributed by atoms with van der Waals surface area (Å²) in [6.45, 7) is 0.497. The molecule has 230 valence electrons. The second-order valence-electron chi connectivity index (χ2n) is 11.3. The van der Waals surface area contributed by atoms with Crippen LogP contribution in [-0.4, -0.2) is 35.6 Å². The van der Waals surface area contributed by atoms with Gasteiger partial charge < -0.3 is 14.2 Å².